The summed E-state index contributed by atoms with van der Waals surface area (Å²) in [6.45, 7) is 9.49. The van der Waals surface area contributed by atoms with Gasteiger partial charge >= 0.3 is 0 Å². The zero-order valence-electron chi connectivity index (χ0n) is 17.7. The van der Waals surface area contributed by atoms with Gasteiger partial charge in [-0.2, -0.15) is 5.10 Å². The minimum absolute atomic E-state index is 0.488. The van der Waals surface area contributed by atoms with E-state index < -0.39 is 0 Å². The van der Waals surface area contributed by atoms with Gasteiger partial charge in [-0.3, -0.25) is 9.58 Å². The summed E-state index contributed by atoms with van der Waals surface area (Å²) >= 11 is 0. The molecule has 2 aliphatic rings. The Morgan fingerprint density at radius 2 is 1.97 bits per heavy atom. The molecule has 0 amide bonds. The molecule has 2 fully saturated rings. The molecule has 6 heteroatoms. The first-order valence-electron chi connectivity index (χ1n) is 11.0. The van der Waals surface area contributed by atoms with Crippen LogP contribution >= 0.6 is 0 Å². The second-order valence-corrected chi connectivity index (χ2v) is 8.60. The Morgan fingerprint density at radius 3 is 2.73 bits per heavy atom. The normalized spacial score (nSPS) is 17.8. The van der Waals surface area contributed by atoms with Gasteiger partial charge in [0.15, 0.2) is 0 Å². The number of anilines is 1. The Balaban J connectivity index is 1.42. The smallest absolute Gasteiger partial charge is 0.130 e. The van der Waals surface area contributed by atoms with E-state index in [1.54, 1.807) is 0 Å². The van der Waals surface area contributed by atoms with Gasteiger partial charge in [-0.25, -0.2) is 4.98 Å². The van der Waals surface area contributed by atoms with Crippen molar-refractivity contribution < 1.29 is 0 Å². The molecule has 0 bridgehead atoms. The molecule has 2 N–H and O–H groups in total. The van der Waals surface area contributed by atoms with Crippen LogP contribution in [-0.4, -0.2) is 45.8 Å². The maximum atomic E-state index is 4.58. The number of hydrogen-bond donors (Lipinski definition) is 2. The number of benzene rings is 1. The fraction of sp³-hybridized carbons (Fsp3) is 0.417. The number of pyridine rings is 1. The predicted molar refractivity (Wildman–Crippen MR) is 122 cm³/mol. The summed E-state index contributed by atoms with van der Waals surface area (Å²) in [7, 11) is 2.05. The number of nitrogens with one attached hydrogen (secondary N) is 2. The van der Waals surface area contributed by atoms with Crippen molar-refractivity contribution in [1.29, 1.82) is 0 Å². The fourth-order valence-corrected chi connectivity index (χ4v) is 4.40. The van der Waals surface area contributed by atoms with Crippen molar-refractivity contribution in [1.82, 2.24) is 25.0 Å². The highest BCUT2D eigenvalue weighted by atomic mass is 15.3. The third-order valence-electron chi connectivity index (χ3n) is 6.48. The number of aromatic nitrogens is 3. The molecule has 0 aliphatic carbocycles. The summed E-state index contributed by atoms with van der Waals surface area (Å²) in [4.78, 5) is 7.13. The van der Waals surface area contributed by atoms with E-state index in [2.05, 4.69) is 63.5 Å². The minimum atomic E-state index is 0.488. The van der Waals surface area contributed by atoms with Crippen molar-refractivity contribution in [3.63, 3.8) is 0 Å². The lowest BCUT2D eigenvalue weighted by Gasteiger charge is -2.29. The molecule has 2 saturated heterocycles. The van der Waals surface area contributed by atoms with E-state index in [1.807, 2.05) is 17.1 Å². The van der Waals surface area contributed by atoms with Crippen LogP contribution in [0, 0.1) is 5.92 Å². The topological polar surface area (TPSA) is 58.0 Å². The highest BCUT2D eigenvalue weighted by Gasteiger charge is 2.20. The number of piperidine rings is 1. The van der Waals surface area contributed by atoms with E-state index >= 15 is 0 Å². The number of hydrogen-bond acceptors (Lipinski definition) is 5. The molecule has 6 nitrogen and oxygen atoms in total. The van der Waals surface area contributed by atoms with Crippen molar-refractivity contribution in [3.8, 4) is 11.1 Å². The quantitative estimate of drug-likeness (QED) is 0.657. The molecule has 30 heavy (non-hydrogen) atoms. The summed E-state index contributed by atoms with van der Waals surface area (Å²) < 4.78 is 2.03. The molecule has 0 radical (unpaired) electrons. The molecule has 0 unspecified atom stereocenters. The van der Waals surface area contributed by atoms with Crippen LogP contribution in [0.15, 0.2) is 48.9 Å². The van der Waals surface area contributed by atoms with Crippen LogP contribution in [0.25, 0.3) is 21.9 Å². The Kier molecular flexibility index (Phi) is 5.27. The van der Waals surface area contributed by atoms with Gasteiger partial charge in [0.1, 0.15) is 5.82 Å². The van der Waals surface area contributed by atoms with Gasteiger partial charge < -0.3 is 10.6 Å². The van der Waals surface area contributed by atoms with E-state index in [1.165, 1.54) is 54.6 Å². The maximum Gasteiger partial charge on any atom is 0.130 e. The lowest BCUT2D eigenvalue weighted by atomic mass is 10.00. The molecule has 3 aromatic rings. The van der Waals surface area contributed by atoms with Crippen LogP contribution in [0.5, 0.6) is 0 Å². The van der Waals surface area contributed by atoms with Crippen molar-refractivity contribution in [2.45, 2.75) is 25.8 Å². The van der Waals surface area contributed by atoms with Gasteiger partial charge in [-0.05, 0) is 49.0 Å². The number of fused-ring (bicyclic) bond motifs is 1. The molecular weight excluding hydrogens is 372 g/mol. The Morgan fingerprint density at radius 1 is 1.13 bits per heavy atom. The van der Waals surface area contributed by atoms with Gasteiger partial charge in [0.05, 0.1) is 11.9 Å². The average Bonchev–Trinajstić information content (AvgIpc) is 3.07. The summed E-state index contributed by atoms with van der Waals surface area (Å²) in [6, 6.07) is 8.72. The van der Waals surface area contributed by atoms with Gasteiger partial charge in [-0.1, -0.05) is 25.1 Å². The lowest BCUT2D eigenvalue weighted by molar-refractivity contribution is 0.216. The van der Waals surface area contributed by atoms with Crippen molar-refractivity contribution in [2.24, 2.45) is 13.0 Å². The fourth-order valence-electron chi connectivity index (χ4n) is 4.40. The summed E-state index contributed by atoms with van der Waals surface area (Å²) in [6.07, 6.45) is 7.90. The molecule has 4 heterocycles. The Labute approximate surface area is 178 Å². The molecule has 156 valence electrons. The van der Waals surface area contributed by atoms with Gasteiger partial charge in [-0.15, -0.1) is 0 Å². The number of rotatable bonds is 6. The predicted octanol–water partition coefficient (Wildman–Crippen LogP) is 3.77. The molecule has 2 aliphatic heterocycles. The SMILES string of the molecule is C=C(Nc1cc2cc(-c3cnn(C)c3CN3CCCCC3)ccc2cn1)C1CNC1. The van der Waals surface area contributed by atoms with Crippen LogP contribution in [0.4, 0.5) is 5.82 Å². The molecular formula is C24H30N6. The second-order valence-electron chi connectivity index (χ2n) is 8.60. The maximum absolute atomic E-state index is 4.58. The van der Waals surface area contributed by atoms with Crippen molar-refractivity contribution in [3.05, 3.63) is 54.6 Å². The monoisotopic (exact) mass is 402 g/mol. The summed E-state index contributed by atoms with van der Waals surface area (Å²) in [5.41, 5.74) is 4.75. The van der Waals surface area contributed by atoms with Gasteiger partial charge in [0.2, 0.25) is 0 Å². The highest BCUT2D eigenvalue weighted by Crippen LogP contribution is 2.29. The molecule has 0 atom stereocenters. The zero-order valence-corrected chi connectivity index (χ0v) is 17.7. The number of nitrogens with zero attached hydrogens (tertiary/aromatic N) is 4. The van der Waals surface area contributed by atoms with E-state index in [0.717, 1.165) is 36.5 Å². The van der Waals surface area contributed by atoms with E-state index in [4.69, 9.17) is 0 Å². The standard InChI is InChI=1S/C24H30N6/c1-17(21-12-25-13-21)28-24-11-20-10-18(6-7-19(20)14-26-24)22-15-27-29(2)23(22)16-30-8-4-3-5-9-30/h6-7,10-11,14-15,21,25H,1,3-5,8-9,12-13,16H2,2H3,(H,26,28). The van der Waals surface area contributed by atoms with Crippen molar-refractivity contribution >= 4 is 16.6 Å². The van der Waals surface area contributed by atoms with Crippen molar-refractivity contribution in [2.75, 3.05) is 31.5 Å². The molecule has 2 aromatic heterocycles. The van der Waals surface area contributed by atoms with E-state index in [9.17, 15) is 0 Å². The minimum Gasteiger partial charge on any atom is -0.344 e. The highest BCUT2D eigenvalue weighted by molar-refractivity contribution is 5.88. The van der Waals surface area contributed by atoms with Crippen LogP contribution in [0.2, 0.25) is 0 Å². The zero-order chi connectivity index (χ0) is 20.5. The first kappa shape index (κ1) is 19.3. The molecule has 0 saturated carbocycles. The largest absolute Gasteiger partial charge is 0.344 e. The second kappa shape index (κ2) is 8.20. The van der Waals surface area contributed by atoms with E-state index in [-0.39, 0.29) is 0 Å². The van der Waals surface area contributed by atoms with E-state index in [0.29, 0.717) is 5.92 Å². The summed E-state index contributed by atoms with van der Waals surface area (Å²) in [5.74, 6) is 1.35. The van der Waals surface area contributed by atoms with Crippen LogP contribution in [-0.2, 0) is 13.6 Å². The first-order valence-corrected chi connectivity index (χ1v) is 11.0. The van der Waals surface area contributed by atoms with Crippen LogP contribution < -0.4 is 10.6 Å². The molecule has 0 spiro atoms. The molecule has 1 aromatic carbocycles. The molecule has 5 rings (SSSR count). The number of likely N-dealkylation sites (tertiary alicyclic amines) is 1. The third kappa shape index (κ3) is 3.85. The Hall–Kier alpha value is -2.70. The first-order chi connectivity index (χ1) is 14.7. The van der Waals surface area contributed by atoms with Crippen LogP contribution in [0.1, 0.15) is 25.0 Å². The van der Waals surface area contributed by atoms with Crippen LogP contribution in [0.3, 0.4) is 0 Å². The Bertz CT molecular complexity index is 1060. The number of aryl methyl sites for hydroxylation is 1. The lowest BCUT2D eigenvalue weighted by Crippen LogP contribution is -2.44. The van der Waals surface area contributed by atoms with Gasteiger partial charge in [0.25, 0.3) is 0 Å². The van der Waals surface area contributed by atoms with Gasteiger partial charge in [0, 0.05) is 55.4 Å². The third-order valence-corrected chi connectivity index (χ3v) is 6.48. The average molecular weight is 403 g/mol. The summed E-state index contributed by atoms with van der Waals surface area (Å²) in [5, 5.41) is 13.6.